The average Bonchev–Trinajstić information content (AvgIpc) is 2.11. The van der Waals surface area contributed by atoms with E-state index in [-0.39, 0.29) is 5.97 Å². The first-order valence-electron chi connectivity index (χ1n) is 4.91. The van der Waals surface area contributed by atoms with Crippen LogP contribution in [-0.2, 0) is 9.53 Å². The number of allylic oxidation sites excluding steroid dienone is 1. The Kier molecular flexibility index (Phi) is 3.52. The molecule has 1 aliphatic rings. The quantitative estimate of drug-likeness (QED) is 0.460. The van der Waals surface area contributed by atoms with Gasteiger partial charge in [-0.25, -0.2) is 4.79 Å². The summed E-state index contributed by atoms with van der Waals surface area (Å²) >= 11 is 0. The highest BCUT2D eigenvalue weighted by molar-refractivity contribution is 5.82. The minimum absolute atomic E-state index is 0.211. The molecule has 0 radical (unpaired) electrons. The molecule has 0 aromatic rings. The molecule has 74 valence electrons. The van der Waals surface area contributed by atoms with Crippen LogP contribution in [0.5, 0.6) is 0 Å². The third kappa shape index (κ3) is 2.87. The first-order chi connectivity index (χ1) is 6.13. The van der Waals surface area contributed by atoms with E-state index in [0.717, 1.165) is 18.8 Å². The van der Waals surface area contributed by atoms with E-state index in [9.17, 15) is 4.79 Å². The molecule has 0 aromatic carbocycles. The summed E-state index contributed by atoms with van der Waals surface area (Å²) in [5, 5.41) is 0. The Balaban J connectivity index is 2.54. The largest absolute Gasteiger partial charge is 0.466 e. The maximum Gasteiger partial charge on any atom is 0.330 e. The average molecular weight is 182 g/mol. The SMILES string of the molecule is COC(=O)/C=C1/CCC(C)C(C)C1. The van der Waals surface area contributed by atoms with Crippen LogP contribution in [0.1, 0.15) is 33.1 Å². The lowest BCUT2D eigenvalue weighted by Crippen LogP contribution is -2.15. The van der Waals surface area contributed by atoms with Crippen LogP contribution in [-0.4, -0.2) is 13.1 Å². The van der Waals surface area contributed by atoms with Crippen molar-refractivity contribution in [3.63, 3.8) is 0 Å². The summed E-state index contributed by atoms with van der Waals surface area (Å²) in [6.45, 7) is 4.52. The maximum absolute atomic E-state index is 11.0. The Labute approximate surface area is 80.0 Å². The Bertz CT molecular complexity index is 218. The Hall–Kier alpha value is -0.790. The molecular weight excluding hydrogens is 164 g/mol. The van der Waals surface area contributed by atoms with Gasteiger partial charge in [0.25, 0.3) is 0 Å². The Morgan fingerprint density at radius 2 is 2.15 bits per heavy atom. The maximum atomic E-state index is 11.0. The summed E-state index contributed by atoms with van der Waals surface area (Å²) in [6, 6.07) is 0. The predicted molar refractivity (Wildman–Crippen MR) is 52.3 cm³/mol. The van der Waals surface area contributed by atoms with Gasteiger partial charge in [0.05, 0.1) is 7.11 Å². The van der Waals surface area contributed by atoms with Crippen LogP contribution in [0.25, 0.3) is 0 Å². The van der Waals surface area contributed by atoms with Gasteiger partial charge in [-0.1, -0.05) is 19.4 Å². The third-order valence-electron chi connectivity index (χ3n) is 3.00. The molecule has 0 spiro atoms. The normalized spacial score (nSPS) is 31.8. The van der Waals surface area contributed by atoms with E-state index >= 15 is 0 Å². The number of methoxy groups -OCH3 is 1. The number of carbonyl (C=O) groups is 1. The summed E-state index contributed by atoms with van der Waals surface area (Å²) in [6.07, 6.45) is 4.96. The third-order valence-corrected chi connectivity index (χ3v) is 3.00. The van der Waals surface area contributed by atoms with Crippen molar-refractivity contribution < 1.29 is 9.53 Å². The van der Waals surface area contributed by atoms with Crippen LogP contribution in [0.15, 0.2) is 11.6 Å². The van der Waals surface area contributed by atoms with Gasteiger partial charge >= 0.3 is 5.97 Å². The zero-order valence-electron chi connectivity index (χ0n) is 8.67. The van der Waals surface area contributed by atoms with Crippen molar-refractivity contribution in [3.05, 3.63) is 11.6 Å². The number of carbonyl (C=O) groups excluding carboxylic acids is 1. The molecule has 2 nitrogen and oxygen atoms in total. The van der Waals surface area contributed by atoms with E-state index in [4.69, 9.17) is 0 Å². The van der Waals surface area contributed by atoms with Crippen LogP contribution in [0, 0.1) is 11.8 Å². The standard InChI is InChI=1S/C11H18O2/c1-8-4-5-10(6-9(8)2)7-11(12)13-3/h7-9H,4-6H2,1-3H3/b10-7-. The second-order valence-corrected chi connectivity index (χ2v) is 4.02. The fourth-order valence-electron chi connectivity index (χ4n) is 1.77. The van der Waals surface area contributed by atoms with Gasteiger partial charge < -0.3 is 4.74 Å². The van der Waals surface area contributed by atoms with Crippen molar-refractivity contribution in [2.24, 2.45) is 11.8 Å². The van der Waals surface area contributed by atoms with Gasteiger partial charge in [0.1, 0.15) is 0 Å². The molecule has 1 aliphatic carbocycles. The highest BCUT2D eigenvalue weighted by Gasteiger charge is 2.20. The van der Waals surface area contributed by atoms with Gasteiger partial charge in [-0.15, -0.1) is 0 Å². The van der Waals surface area contributed by atoms with Crippen molar-refractivity contribution in [1.29, 1.82) is 0 Å². The molecule has 2 atom stereocenters. The van der Waals surface area contributed by atoms with E-state index in [1.165, 1.54) is 19.1 Å². The minimum Gasteiger partial charge on any atom is -0.466 e. The highest BCUT2D eigenvalue weighted by atomic mass is 16.5. The molecule has 0 heterocycles. The first-order valence-corrected chi connectivity index (χ1v) is 4.91. The van der Waals surface area contributed by atoms with Crippen LogP contribution in [0.2, 0.25) is 0 Å². The molecule has 0 bridgehead atoms. The topological polar surface area (TPSA) is 26.3 Å². The molecule has 0 N–H and O–H groups in total. The van der Waals surface area contributed by atoms with Crippen molar-refractivity contribution in [3.8, 4) is 0 Å². The number of ether oxygens (including phenoxy) is 1. The van der Waals surface area contributed by atoms with Crippen molar-refractivity contribution in [1.82, 2.24) is 0 Å². The molecule has 2 unspecified atom stereocenters. The summed E-state index contributed by atoms with van der Waals surface area (Å²) < 4.78 is 4.60. The lowest BCUT2D eigenvalue weighted by molar-refractivity contribution is -0.134. The highest BCUT2D eigenvalue weighted by Crippen LogP contribution is 2.32. The molecule has 0 aromatic heterocycles. The summed E-state index contributed by atoms with van der Waals surface area (Å²) in [5.41, 5.74) is 1.25. The number of rotatable bonds is 1. The van der Waals surface area contributed by atoms with E-state index in [1.54, 1.807) is 6.08 Å². The monoisotopic (exact) mass is 182 g/mol. The van der Waals surface area contributed by atoms with Crippen molar-refractivity contribution in [2.45, 2.75) is 33.1 Å². The second kappa shape index (κ2) is 4.45. The van der Waals surface area contributed by atoms with E-state index in [2.05, 4.69) is 18.6 Å². The fraction of sp³-hybridized carbons (Fsp3) is 0.727. The molecule has 0 aliphatic heterocycles. The Morgan fingerprint density at radius 1 is 1.46 bits per heavy atom. The molecule has 1 rings (SSSR count). The van der Waals surface area contributed by atoms with Gasteiger partial charge in [0.15, 0.2) is 0 Å². The summed E-state index contributed by atoms with van der Waals surface area (Å²) in [7, 11) is 1.42. The lowest BCUT2D eigenvalue weighted by atomic mass is 9.79. The summed E-state index contributed by atoms with van der Waals surface area (Å²) in [4.78, 5) is 11.0. The van der Waals surface area contributed by atoms with Gasteiger partial charge in [0.2, 0.25) is 0 Å². The zero-order chi connectivity index (χ0) is 9.84. The first kappa shape index (κ1) is 10.3. The van der Waals surface area contributed by atoms with Gasteiger partial charge in [-0.05, 0) is 31.1 Å². The fourth-order valence-corrected chi connectivity index (χ4v) is 1.77. The smallest absolute Gasteiger partial charge is 0.330 e. The van der Waals surface area contributed by atoms with Crippen molar-refractivity contribution >= 4 is 5.97 Å². The molecular formula is C11H18O2. The molecule has 1 fully saturated rings. The van der Waals surface area contributed by atoms with Crippen LogP contribution >= 0.6 is 0 Å². The van der Waals surface area contributed by atoms with Gasteiger partial charge in [-0.2, -0.15) is 0 Å². The molecule has 0 saturated heterocycles. The molecule has 1 saturated carbocycles. The van der Waals surface area contributed by atoms with Crippen molar-refractivity contribution in [2.75, 3.05) is 7.11 Å². The Morgan fingerprint density at radius 3 is 2.69 bits per heavy atom. The zero-order valence-corrected chi connectivity index (χ0v) is 8.67. The minimum atomic E-state index is -0.211. The van der Waals surface area contributed by atoms with Gasteiger partial charge in [-0.3, -0.25) is 0 Å². The number of esters is 1. The number of hydrogen-bond donors (Lipinski definition) is 0. The summed E-state index contributed by atoms with van der Waals surface area (Å²) in [5.74, 6) is 1.27. The predicted octanol–water partition coefficient (Wildman–Crippen LogP) is 2.54. The molecule has 13 heavy (non-hydrogen) atoms. The van der Waals surface area contributed by atoms with Crippen LogP contribution in [0.4, 0.5) is 0 Å². The lowest BCUT2D eigenvalue weighted by Gasteiger charge is -2.27. The second-order valence-electron chi connectivity index (χ2n) is 4.02. The number of hydrogen-bond acceptors (Lipinski definition) is 2. The van der Waals surface area contributed by atoms with Gasteiger partial charge in [0, 0.05) is 6.08 Å². The van der Waals surface area contributed by atoms with E-state index in [0.29, 0.717) is 5.92 Å². The molecule has 2 heteroatoms. The van der Waals surface area contributed by atoms with E-state index < -0.39 is 0 Å². The molecule has 0 amide bonds. The van der Waals surface area contributed by atoms with Crippen LogP contribution < -0.4 is 0 Å². The van der Waals surface area contributed by atoms with E-state index in [1.807, 2.05) is 0 Å². The van der Waals surface area contributed by atoms with Crippen LogP contribution in [0.3, 0.4) is 0 Å².